The predicted octanol–water partition coefficient (Wildman–Crippen LogP) is 3.09. The molecule has 0 spiro atoms. The molecule has 0 radical (unpaired) electrons. The van der Waals surface area contributed by atoms with Crippen LogP contribution in [0.4, 0.5) is 0 Å². The van der Waals surface area contributed by atoms with Gasteiger partial charge in [-0.1, -0.05) is 26.3 Å². The van der Waals surface area contributed by atoms with Crippen molar-refractivity contribution < 1.29 is 10.9 Å². The first-order chi connectivity index (χ1) is 7.78. The van der Waals surface area contributed by atoms with E-state index in [1.807, 2.05) is 31.2 Å². The molecule has 0 saturated carbocycles. The van der Waals surface area contributed by atoms with Crippen LogP contribution in [0.2, 0.25) is 0 Å². The van der Waals surface area contributed by atoms with Gasteiger partial charge in [0.05, 0.1) is 6.61 Å². The number of nitrogens with two attached hydrogens (primary N) is 1. The summed E-state index contributed by atoms with van der Waals surface area (Å²) in [6, 6.07) is 7.55. The van der Waals surface area contributed by atoms with Crippen LogP contribution in [0.3, 0.4) is 0 Å². The van der Waals surface area contributed by atoms with Gasteiger partial charge < -0.3 is 15.2 Å². The molecule has 0 unspecified atom stereocenters. The second kappa shape index (κ2) is 10.3. The van der Waals surface area contributed by atoms with Crippen molar-refractivity contribution in [2.45, 2.75) is 27.2 Å². The summed E-state index contributed by atoms with van der Waals surface area (Å²) in [5, 5.41) is 0. The number of rotatable bonds is 5. The zero-order valence-electron chi connectivity index (χ0n) is 10.5. The Morgan fingerprint density at radius 2 is 1.69 bits per heavy atom. The van der Waals surface area contributed by atoms with E-state index in [4.69, 9.17) is 15.2 Å². The molecular formula is C13H25NO2. The zero-order chi connectivity index (χ0) is 12.2. The lowest BCUT2D eigenvalue weighted by molar-refractivity contribution is 0.316. The maximum absolute atomic E-state index is 5.34. The smallest absolute Gasteiger partial charge is 0.123 e. The van der Waals surface area contributed by atoms with Crippen LogP contribution in [0.5, 0.6) is 11.5 Å². The molecule has 94 valence electrons. The molecule has 0 aliphatic heterocycles. The normalized spacial score (nSPS) is 9.00. The van der Waals surface area contributed by atoms with Gasteiger partial charge in [-0.3, -0.25) is 0 Å². The van der Waals surface area contributed by atoms with Crippen LogP contribution in [0, 0.1) is 0 Å². The first kappa shape index (κ1) is 14.8. The molecule has 0 heterocycles. The summed E-state index contributed by atoms with van der Waals surface area (Å²) in [5.74, 6) is 1.63. The van der Waals surface area contributed by atoms with Gasteiger partial charge >= 0.3 is 0 Å². The van der Waals surface area contributed by atoms with Gasteiger partial charge in [-0.2, -0.15) is 0 Å². The SMILES string of the molecule is CCC.CCOc1cccc(OCCN)c1.[HH]. The Labute approximate surface area is 100 Å². The maximum Gasteiger partial charge on any atom is 0.123 e. The molecule has 0 aliphatic carbocycles. The monoisotopic (exact) mass is 227 g/mol. The lowest BCUT2D eigenvalue weighted by atomic mass is 10.3. The second-order valence-electron chi connectivity index (χ2n) is 3.25. The van der Waals surface area contributed by atoms with Gasteiger partial charge in [-0.05, 0) is 19.1 Å². The minimum Gasteiger partial charge on any atom is -0.494 e. The van der Waals surface area contributed by atoms with Crippen LogP contribution >= 0.6 is 0 Å². The summed E-state index contributed by atoms with van der Waals surface area (Å²) in [7, 11) is 0. The lowest BCUT2D eigenvalue weighted by Gasteiger charge is -2.06. The summed E-state index contributed by atoms with van der Waals surface area (Å²) >= 11 is 0. The van der Waals surface area contributed by atoms with Crippen LogP contribution in [0.15, 0.2) is 24.3 Å². The average molecular weight is 227 g/mol. The van der Waals surface area contributed by atoms with E-state index in [1.54, 1.807) is 0 Å². The third-order valence-corrected chi connectivity index (χ3v) is 1.50. The summed E-state index contributed by atoms with van der Waals surface area (Å²) in [4.78, 5) is 0. The Kier molecular flexibility index (Phi) is 9.52. The Bertz CT molecular complexity index is 269. The van der Waals surface area contributed by atoms with Crippen LogP contribution in [0.1, 0.15) is 28.6 Å². The van der Waals surface area contributed by atoms with E-state index in [2.05, 4.69) is 13.8 Å². The first-order valence-electron chi connectivity index (χ1n) is 5.84. The molecule has 0 bridgehead atoms. The summed E-state index contributed by atoms with van der Waals surface area (Å²) in [5.41, 5.74) is 5.32. The number of benzene rings is 1. The zero-order valence-corrected chi connectivity index (χ0v) is 10.5. The molecular weight excluding hydrogens is 202 g/mol. The Balaban J connectivity index is 0. The molecule has 1 aromatic carbocycles. The van der Waals surface area contributed by atoms with Crippen molar-refractivity contribution in [3.05, 3.63) is 24.3 Å². The van der Waals surface area contributed by atoms with E-state index >= 15 is 0 Å². The van der Waals surface area contributed by atoms with Gasteiger partial charge in [0, 0.05) is 14.0 Å². The topological polar surface area (TPSA) is 44.5 Å². The van der Waals surface area contributed by atoms with Crippen molar-refractivity contribution in [1.29, 1.82) is 0 Å². The van der Waals surface area contributed by atoms with Gasteiger partial charge in [0.2, 0.25) is 0 Å². The highest BCUT2D eigenvalue weighted by molar-refractivity contribution is 5.32. The minimum absolute atomic E-state index is 0. The standard InChI is InChI=1S/C10H15NO2.C3H8.H2/c1-2-12-9-4-3-5-10(8-9)13-7-6-11;1-3-2;/h3-5,8H,2,6-7,11H2,1H3;3H2,1-2H3;1H. The fraction of sp³-hybridized carbons (Fsp3) is 0.538. The summed E-state index contributed by atoms with van der Waals surface area (Å²) in [6.07, 6.45) is 1.25. The van der Waals surface area contributed by atoms with Gasteiger partial charge in [-0.15, -0.1) is 0 Å². The highest BCUT2D eigenvalue weighted by Gasteiger charge is 1.95. The van der Waals surface area contributed by atoms with E-state index in [1.165, 1.54) is 6.42 Å². The molecule has 0 fully saturated rings. The lowest BCUT2D eigenvalue weighted by Crippen LogP contribution is -2.10. The predicted molar refractivity (Wildman–Crippen MR) is 70.2 cm³/mol. The van der Waals surface area contributed by atoms with Crippen LogP contribution in [0.25, 0.3) is 0 Å². The van der Waals surface area contributed by atoms with E-state index in [9.17, 15) is 0 Å². The fourth-order valence-corrected chi connectivity index (χ4v) is 0.997. The van der Waals surface area contributed by atoms with E-state index in [0.29, 0.717) is 19.8 Å². The van der Waals surface area contributed by atoms with Crippen molar-refractivity contribution in [3.63, 3.8) is 0 Å². The van der Waals surface area contributed by atoms with Gasteiger partial charge in [0.1, 0.15) is 18.1 Å². The summed E-state index contributed by atoms with van der Waals surface area (Å²) < 4.78 is 10.7. The second-order valence-corrected chi connectivity index (χ2v) is 3.25. The Morgan fingerprint density at radius 1 is 1.12 bits per heavy atom. The summed E-state index contributed by atoms with van der Waals surface area (Å²) in [6.45, 7) is 7.93. The molecule has 0 aliphatic rings. The highest BCUT2D eigenvalue weighted by Crippen LogP contribution is 2.18. The Hall–Kier alpha value is -1.22. The van der Waals surface area contributed by atoms with Gasteiger partial charge in [0.15, 0.2) is 0 Å². The molecule has 2 N–H and O–H groups in total. The third kappa shape index (κ3) is 7.12. The van der Waals surface area contributed by atoms with Crippen LogP contribution in [-0.2, 0) is 0 Å². The molecule has 0 atom stereocenters. The maximum atomic E-state index is 5.34. The molecule has 0 amide bonds. The fourth-order valence-electron chi connectivity index (χ4n) is 0.997. The Morgan fingerprint density at radius 3 is 2.19 bits per heavy atom. The third-order valence-electron chi connectivity index (χ3n) is 1.50. The molecule has 1 aromatic rings. The van der Waals surface area contributed by atoms with Crippen LogP contribution < -0.4 is 15.2 Å². The molecule has 3 heteroatoms. The van der Waals surface area contributed by atoms with E-state index in [-0.39, 0.29) is 1.43 Å². The number of ether oxygens (including phenoxy) is 2. The molecule has 0 saturated heterocycles. The first-order valence-corrected chi connectivity index (χ1v) is 5.84. The molecule has 1 rings (SSSR count). The molecule has 3 nitrogen and oxygen atoms in total. The molecule has 16 heavy (non-hydrogen) atoms. The average Bonchev–Trinajstić information content (AvgIpc) is 2.28. The van der Waals surface area contributed by atoms with Crippen LogP contribution in [-0.4, -0.2) is 19.8 Å². The largest absolute Gasteiger partial charge is 0.494 e. The van der Waals surface area contributed by atoms with Crippen molar-refractivity contribution in [2.75, 3.05) is 19.8 Å². The number of hydrogen-bond donors (Lipinski definition) is 1. The van der Waals surface area contributed by atoms with Crippen molar-refractivity contribution >= 4 is 0 Å². The van der Waals surface area contributed by atoms with Crippen molar-refractivity contribution in [3.8, 4) is 11.5 Å². The molecule has 0 aromatic heterocycles. The van der Waals surface area contributed by atoms with Crippen molar-refractivity contribution in [2.24, 2.45) is 5.73 Å². The van der Waals surface area contributed by atoms with Gasteiger partial charge in [-0.25, -0.2) is 0 Å². The van der Waals surface area contributed by atoms with Gasteiger partial charge in [0.25, 0.3) is 0 Å². The number of hydrogen-bond acceptors (Lipinski definition) is 3. The quantitative estimate of drug-likeness (QED) is 0.840. The highest BCUT2D eigenvalue weighted by atomic mass is 16.5. The minimum atomic E-state index is 0. The van der Waals surface area contributed by atoms with E-state index < -0.39 is 0 Å². The van der Waals surface area contributed by atoms with E-state index in [0.717, 1.165) is 11.5 Å². The van der Waals surface area contributed by atoms with Crippen molar-refractivity contribution in [1.82, 2.24) is 0 Å².